The summed E-state index contributed by atoms with van der Waals surface area (Å²) in [6, 6.07) is 4.86. The number of hydrogen-bond acceptors (Lipinski definition) is 4. The number of nitrogens with zero attached hydrogens (tertiary/aromatic N) is 1. The Morgan fingerprint density at radius 3 is 2.72 bits per heavy atom. The van der Waals surface area contributed by atoms with E-state index in [1.165, 1.54) is 4.88 Å². The molecule has 2 N–H and O–H groups in total. The van der Waals surface area contributed by atoms with E-state index in [0.29, 0.717) is 12.6 Å². The maximum atomic E-state index is 5.72. The average Bonchev–Trinajstić information content (AvgIpc) is 2.85. The molecule has 0 fully saturated rings. The van der Waals surface area contributed by atoms with E-state index < -0.39 is 0 Å². The Morgan fingerprint density at radius 1 is 1.44 bits per heavy atom. The Kier molecular flexibility index (Phi) is 7.51. The second-order valence-corrected chi connectivity index (χ2v) is 5.78. The van der Waals surface area contributed by atoms with Gasteiger partial charge in [-0.2, -0.15) is 0 Å². The van der Waals surface area contributed by atoms with E-state index in [0.717, 1.165) is 26.1 Å². The average molecular weight is 270 g/mol. The van der Waals surface area contributed by atoms with Gasteiger partial charge in [-0.15, -0.1) is 11.3 Å². The van der Waals surface area contributed by atoms with E-state index in [-0.39, 0.29) is 6.10 Å². The molecule has 18 heavy (non-hydrogen) atoms. The van der Waals surface area contributed by atoms with Crippen LogP contribution < -0.4 is 5.73 Å². The SMILES string of the molecule is CCOC(CN)CCN(Cc1cccs1)C(C)C. The largest absolute Gasteiger partial charge is 0.377 e. The van der Waals surface area contributed by atoms with Crippen molar-refractivity contribution in [1.82, 2.24) is 4.90 Å². The fourth-order valence-electron chi connectivity index (χ4n) is 1.94. The quantitative estimate of drug-likeness (QED) is 0.750. The van der Waals surface area contributed by atoms with Crippen molar-refractivity contribution >= 4 is 11.3 Å². The van der Waals surface area contributed by atoms with Crippen molar-refractivity contribution in [3.05, 3.63) is 22.4 Å². The van der Waals surface area contributed by atoms with Gasteiger partial charge < -0.3 is 10.5 Å². The molecule has 4 heteroatoms. The van der Waals surface area contributed by atoms with E-state index in [2.05, 4.69) is 36.3 Å². The van der Waals surface area contributed by atoms with Gasteiger partial charge in [-0.3, -0.25) is 4.90 Å². The van der Waals surface area contributed by atoms with Crippen LogP contribution in [0.3, 0.4) is 0 Å². The second kappa shape index (κ2) is 8.64. The molecule has 1 aromatic rings. The van der Waals surface area contributed by atoms with Gasteiger partial charge in [0, 0.05) is 37.2 Å². The molecule has 1 atom stereocenters. The first-order valence-electron chi connectivity index (χ1n) is 6.75. The number of hydrogen-bond donors (Lipinski definition) is 1. The van der Waals surface area contributed by atoms with Crippen LogP contribution in [0, 0.1) is 0 Å². The molecule has 1 aromatic heterocycles. The summed E-state index contributed by atoms with van der Waals surface area (Å²) < 4.78 is 5.61. The molecular weight excluding hydrogens is 244 g/mol. The maximum absolute atomic E-state index is 5.72. The molecule has 0 saturated carbocycles. The number of rotatable bonds is 9. The highest BCUT2D eigenvalue weighted by molar-refractivity contribution is 7.09. The van der Waals surface area contributed by atoms with Gasteiger partial charge in [-0.25, -0.2) is 0 Å². The summed E-state index contributed by atoms with van der Waals surface area (Å²) in [6.45, 7) is 9.93. The van der Waals surface area contributed by atoms with Gasteiger partial charge in [0.25, 0.3) is 0 Å². The van der Waals surface area contributed by atoms with Crippen molar-refractivity contribution in [2.45, 2.75) is 45.9 Å². The van der Waals surface area contributed by atoms with Gasteiger partial charge in [-0.05, 0) is 38.6 Å². The molecule has 1 unspecified atom stereocenters. The summed E-state index contributed by atoms with van der Waals surface area (Å²) in [5, 5.41) is 2.14. The molecule has 1 rings (SSSR count). The molecule has 0 saturated heterocycles. The topological polar surface area (TPSA) is 38.5 Å². The highest BCUT2D eigenvalue weighted by Gasteiger charge is 2.14. The standard InChI is InChI=1S/C14H26N2OS/c1-4-17-13(10-15)7-8-16(12(2)3)11-14-6-5-9-18-14/h5-6,9,12-13H,4,7-8,10-11,15H2,1-3H3. The smallest absolute Gasteiger partial charge is 0.0709 e. The minimum Gasteiger partial charge on any atom is -0.377 e. The van der Waals surface area contributed by atoms with E-state index >= 15 is 0 Å². The van der Waals surface area contributed by atoms with Crippen LogP contribution in [0.1, 0.15) is 32.1 Å². The van der Waals surface area contributed by atoms with Crippen LogP contribution in [0.5, 0.6) is 0 Å². The van der Waals surface area contributed by atoms with Crippen LogP contribution in [0.4, 0.5) is 0 Å². The van der Waals surface area contributed by atoms with Gasteiger partial charge in [0.2, 0.25) is 0 Å². The predicted molar refractivity (Wildman–Crippen MR) is 79.0 cm³/mol. The lowest BCUT2D eigenvalue weighted by atomic mass is 10.2. The van der Waals surface area contributed by atoms with Crippen LogP contribution in [0.15, 0.2) is 17.5 Å². The van der Waals surface area contributed by atoms with E-state index in [1.807, 2.05) is 18.3 Å². The molecule has 0 spiro atoms. The van der Waals surface area contributed by atoms with Crippen LogP contribution >= 0.6 is 11.3 Å². The zero-order valence-corrected chi connectivity index (χ0v) is 12.6. The van der Waals surface area contributed by atoms with Crippen LogP contribution in [0.2, 0.25) is 0 Å². The summed E-state index contributed by atoms with van der Waals surface area (Å²) in [6.07, 6.45) is 1.20. The molecule has 0 radical (unpaired) electrons. The fourth-order valence-corrected chi connectivity index (χ4v) is 2.67. The summed E-state index contributed by atoms with van der Waals surface area (Å²) in [7, 11) is 0. The normalized spacial score (nSPS) is 13.4. The molecule has 0 amide bonds. The molecule has 0 aromatic carbocycles. The third kappa shape index (κ3) is 5.48. The first kappa shape index (κ1) is 15.6. The Labute approximate surface area is 115 Å². The zero-order chi connectivity index (χ0) is 13.4. The molecule has 3 nitrogen and oxygen atoms in total. The predicted octanol–water partition coefficient (Wildman–Crippen LogP) is 2.71. The lowest BCUT2D eigenvalue weighted by Gasteiger charge is -2.27. The number of thiophene rings is 1. The van der Waals surface area contributed by atoms with E-state index in [1.54, 1.807) is 0 Å². The fraction of sp³-hybridized carbons (Fsp3) is 0.714. The van der Waals surface area contributed by atoms with E-state index in [9.17, 15) is 0 Å². The molecule has 0 aliphatic carbocycles. The number of ether oxygens (including phenoxy) is 1. The van der Waals surface area contributed by atoms with Gasteiger partial charge in [-0.1, -0.05) is 6.07 Å². The van der Waals surface area contributed by atoms with Crippen molar-refractivity contribution in [2.75, 3.05) is 19.7 Å². The minimum absolute atomic E-state index is 0.194. The van der Waals surface area contributed by atoms with Crippen molar-refractivity contribution < 1.29 is 4.74 Å². The van der Waals surface area contributed by atoms with Crippen molar-refractivity contribution in [2.24, 2.45) is 5.73 Å². The Balaban J connectivity index is 2.42. The van der Waals surface area contributed by atoms with Crippen molar-refractivity contribution in [1.29, 1.82) is 0 Å². The lowest BCUT2D eigenvalue weighted by Crippen LogP contribution is -2.35. The van der Waals surface area contributed by atoms with Crippen LogP contribution in [0.25, 0.3) is 0 Å². The third-order valence-corrected chi connectivity index (χ3v) is 3.93. The molecule has 1 heterocycles. The van der Waals surface area contributed by atoms with Gasteiger partial charge in [0.1, 0.15) is 0 Å². The summed E-state index contributed by atoms with van der Waals surface area (Å²) in [4.78, 5) is 3.90. The highest BCUT2D eigenvalue weighted by atomic mass is 32.1. The first-order chi connectivity index (χ1) is 8.67. The van der Waals surface area contributed by atoms with Gasteiger partial charge in [0.05, 0.1) is 6.10 Å². The summed E-state index contributed by atoms with van der Waals surface area (Å²) in [5.74, 6) is 0. The second-order valence-electron chi connectivity index (χ2n) is 4.75. The maximum Gasteiger partial charge on any atom is 0.0709 e. The molecule has 0 bridgehead atoms. The summed E-state index contributed by atoms with van der Waals surface area (Å²) >= 11 is 1.82. The number of nitrogens with two attached hydrogens (primary N) is 1. The zero-order valence-electron chi connectivity index (χ0n) is 11.8. The molecule has 0 aliphatic rings. The Morgan fingerprint density at radius 2 is 2.22 bits per heavy atom. The van der Waals surface area contributed by atoms with Crippen molar-refractivity contribution in [3.8, 4) is 0 Å². The van der Waals surface area contributed by atoms with Crippen LogP contribution in [-0.2, 0) is 11.3 Å². The van der Waals surface area contributed by atoms with Gasteiger partial charge >= 0.3 is 0 Å². The Bertz CT molecular complexity index is 301. The lowest BCUT2D eigenvalue weighted by molar-refractivity contribution is 0.0504. The highest BCUT2D eigenvalue weighted by Crippen LogP contribution is 2.14. The van der Waals surface area contributed by atoms with Crippen LogP contribution in [-0.4, -0.2) is 36.7 Å². The molecular formula is C14H26N2OS. The first-order valence-corrected chi connectivity index (χ1v) is 7.63. The van der Waals surface area contributed by atoms with E-state index in [4.69, 9.17) is 10.5 Å². The van der Waals surface area contributed by atoms with Crippen molar-refractivity contribution in [3.63, 3.8) is 0 Å². The molecule has 104 valence electrons. The monoisotopic (exact) mass is 270 g/mol. The molecule has 0 aliphatic heterocycles. The third-order valence-electron chi connectivity index (χ3n) is 3.07. The van der Waals surface area contributed by atoms with Gasteiger partial charge in [0.15, 0.2) is 0 Å². The summed E-state index contributed by atoms with van der Waals surface area (Å²) in [5.41, 5.74) is 5.72. The Hall–Kier alpha value is -0.420. The minimum atomic E-state index is 0.194.